The van der Waals surface area contributed by atoms with Crippen molar-refractivity contribution >= 4 is 26.0 Å². The van der Waals surface area contributed by atoms with Crippen LogP contribution in [0.15, 0.2) is 27.6 Å². The number of sulfonamides is 1. The van der Waals surface area contributed by atoms with Crippen molar-refractivity contribution in [3.63, 3.8) is 0 Å². The van der Waals surface area contributed by atoms with Gasteiger partial charge in [0.05, 0.1) is 4.90 Å². The average Bonchev–Trinajstić information content (AvgIpc) is 2.41. The fourth-order valence-electron chi connectivity index (χ4n) is 1.80. The lowest BCUT2D eigenvalue weighted by Crippen LogP contribution is -2.25. The summed E-state index contributed by atoms with van der Waals surface area (Å²) in [6.45, 7) is 6.24. The Hall–Kier alpha value is -0.430. The van der Waals surface area contributed by atoms with E-state index in [0.29, 0.717) is 15.9 Å². The zero-order valence-electron chi connectivity index (χ0n) is 12.1. The second-order valence-corrected chi connectivity index (χ2v) is 7.24. The lowest BCUT2D eigenvalue weighted by atomic mass is 10.2. The topological polar surface area (TPSA) is 58.2 Å². The van der Waals surface area contributed by atoms with Crippen LogP contribution < -0.4 is 10.0 Å². The van der Waals surface area contributed by atoms with Crippen LogP contribution in [-0.4, -0.2) is 21.5 Å². The Morgan fingerprint density at radius 2 is 1.95 bits per heavy atom. The van der Waals surface area contributed by atoms with E-state index < -0.39 is 10.0 Å². The van der Waals surface area contributed by atoms with E-state index in [9.17, 15) is 8.42 Å². The van der Waals surface area contributed by atoms with Gasteiger partial charge in [0.25, 0.3) is 0 Å². The summed E-state index contributed by atoms with van der Waals surface area (Å²) in [5.41, 5.74) is 1.06. The zero-order chi connectivity index (χ0) is 15.0. The van der Waals surface area contributed by atoms with Crippen LogP contribution in [0, 0.1) is 0 Å². The number of hydrogen-bond acceptors (Lipinski definition) is 3. The second kappa shape index (κ2) is 8.77. The predicted molar refractivity (Wildman–Crippen MR) is 86.2 cm³/mol. The highest BCUT2D eigenvalue weighted by Gasteiger charge is 2.17. The molecule has 0 saturated carbocycles. The highest BCUT2D eigenvalue weighted by molar-refractivity contribution is 9.10. The number of halogens is 1. The minimum absolute atomic E-state index is 0.300. The van der Waals surface area contributed by atoms with Gasteiger partial charge in [-0.25, -0.2) is 13.1 Å². The summed E-state index contributed by atoms with van der Waals surface area (Å²) in [4.78, 5) is 0.300. The van der Waals surface area contributed by atoms with Gasteiger partial charge in [0.15, 0.2) is 0 Å². The van der Waals surface area contributed by atoms with Gasteiger partial charge in [0, 0.05) is 17.6 Å². The molecule has 1 aromatic carbocycles. The molecule has 0 aliphatic heterocycles. The molecule has 0 amide bonds. The van der Waals surface area contributed by atoms with Gasteiger partial charge in [-0.15, -0.1) is 0 Å². The third kappa shape index (κ3) is 5.52. The van der Waals surface area contributed by atoms with Crippen molar-refractivity contribution in [1.29, 1.82) is 0 Å². The molecule has 114 valence electrons. The van der Waals surface area contributed by atoms with Crippen molar-refractivity contribution in [3.8, 4) is 0 Å². The Morgan fingerprint density at radius 1 is 1.20 bits per heavy atom. The van der Waals surface area contributed by atoms with Crippen molar-refractivity contribution in [2.75, 3.05) is 13.1 Å². The molecule has 0 spiro atoms. The van der Waals surface area contributed by atoms with E-state index in [1.54, 1.807) is 6.07 Å². The number of unbranched alkanes of at least 4 members (excludes halogenated alkanes) is 2. The largest absolute Gasteiger partial charge is 0.313 e. The SMILES string of the molecule is CCCCCNS(=O)(=O)c1ccc(CNCC)cc1Br. The predicted octanol–water partition coefficient (Wildman–Crippen LogP) is 3.03. The molecule has 0 bridgehead atoms. The summed E-state index contributed by atoms with van der Waals surface area (Å²) in [5, 5.41) is 3.21. The van der Waals surface area contributed by atoms with Gasteiger partial charge in [-0.05, 0) is 46.6 Å². The first kappa shape index (κ1) is 17.6. The second-order valence-electron chi connectivity index (χ2n) is 4.65. The van der Waals surface area contributed by atoms with E-state index in [0.717, 1.165) is 37.9 Å². The number of hydrogen-bond donors (Lipinski definition) is 2. The molecule has 20 heavy (non-hydrogen) atoms. The number of benzene rings is 1. The lowest BCUT2D eigenvalue weighted by molar-refractivity contribution is 0.575. The standard InChI is InChI=1S/C14H23BrN2O2S/c1-3-5-6-9-17-20(18,19)14-8-7-12(10-13(14)15)11-16-4-2/h7-8,10,16-17H,3-6,9,11H2,1-2H3. The Kier molecular flexibility index (Phi) is 7.72. The Morgan fingerprint density at radius 3 is 2.55 bits per heavy atom. The molecule has 4 nitrogen and oxygen atoms in total. The zero-order valence-corrected chi connectivity index (χ0v) is 14.5. The summed E-state index contributed by atoms with van der Waals surface area (Å²) in [5.74, 6) is 0. The highest BCUT2D eigenvalue weighted by Crippen LogP contribution is 2.23. The summed E-state index contributed by atoms with van der Waals surface area (Å²) < 4.78 is 27.6. The van der Waals surface area contributed by atoms with Crippen molar-refractivity contribution in [2.45, 2.75) is 44.6 Å². The summed E-state index contributed by atoms with van der Waals surface area (Å²) in [7, 11) is -3.43. The first-order valence-electron chi connectivity index (χ1n) is 7.00. The van der Waals surface area contributed by atoms with Crippen LogP contribution in [0.4, 0.5) is 0 Å². The molecule has 0 radical (unpaired) electrons. The van der Waals surface area contributed by atoms with Crippen LogP contribution in [0.25, 0.3) is 0 Å². The average molecular weight is 363 g/mol. The lowest BCUT2D eigenvalue weighted by Gasteiger charge is -2.10. The summed E-state index contributed by atoms with van der Waals surface area (Å²) >= 11 is 3.35. The number of nitrogens with one attached hydrogen (secondary N) is 2. The first-order valence-corrected chi connectivity index (χ1v) is 9.27. The van der Waals surface area contributed by atoms with E-state index in [1.165, 1.54) is 0 Å². The molecular formula is C14H23BrN2O2S. The van der Waals surface area contributed by atoms with E-state index in [-0.39, 0.29) is 0 Å². The Balaban J connectivity index is 2.74. The van der Waals surface area contributed by atoms with Crippen molar-refractivity contribution < 1.29 is 8.42 Å². The molecule has 1 rings (SSSR count). The van der Waals surface area contributed by atoms with Gasteiger partial charge in [-0.2, -0.15) is 0 Å². The van der Waals surface area contributed by atoms with Crippen molar-refractivity contribution in [2.24, 2.45) is 0 Å². The molecule has 0 aliphatic carbocycles. The van der Waals surface area contributed by atoms with Crippen LogP contribution in [0.1, 0.15) is 38.7 Å². The fourth-order valence-corrected chi connectivity index (χ4v) is 4.00. The smallest absolute Gasteiger partial charge is 0.241 e. The molecule has 0 saturated heterocycles. The quantitative estimate of drug-likeness (QED) is 0.663. The monoisotopic (exact) mass is 362 g/mol. The van der Waals surface area contributed by atoms with Crippen LogP contribution in [-0.2, 0) is 16.6 Å². The van der Waals surface area contributed by atoms with Crippen LogP contribution in [0.2, 0.25) is 0 Å². The van der Waals surface area contributed by atoms with Gasteiger partial charge in [-0.3, -0.25) is 0 Å². The van der Waals surface area contributed by atoms with Gasteiger partial charge in [-0.1, -0.05) is 32.8 Å². The molecule has 0 fully saturated rings. The van der Waals surface area contributed by atoms with E-state index >= 15 is 0 Å². The van der Waals surface area contributed by atoms with Crippen LogP contribution in [0.3, 0.4) is 0 Å². The van der Waals surface area contributed by atoms with Gasteiger partial charge in [0.1, 0.15) is 0 Å². The molecule has 1 aromatic rings. The molecule has 6 heteroatoms. The third-order valence-electron chi connectivity index (χ3n) is 2.94. The minimum atomic E-state index is -3.43. The molecule has 2 N–H and O–H groups in total. The van der Waals surface area contributed by atoms with Gasteiger partial charge < -0.3 is 5.32 Å². The minimum Gasteiger partial charge on any atom is -0.313 e. The van der Waals surface area contributed by atoms with Gasteiger partial charge >= 0.3 is 0 Å². The van der Waals surface area contributed by atoms with E-state index in [4.69, 9.17) is 0 Å². The molecule has 0 aromatic heterocycles. The summed E-state index contributed by atoms with van der Waals surface area (Å²) in [6, 6.07) is 5.34. The molecule has 0 heterocycles. The van der Waals surface area contributed by atoms with E-state index in [1.807, 2.05) is 19.1 Å². The van der Waals surface area contributed by atoms with E-state index in [2.05, 4.69) is 32.9 Å². The third-order valence-corrected chi connectivity index (χ3v) is 5.38. The number of rotatable bonds is 9. The molecule has 0 aliphatic rings. The van der Waals surface area contributed by atoms with Gasteiger partial charge in [0.2, 0.25) is 10.0 Å². The van der Waals surface area contributed by atoms with Crippen LogP contribution >= 0.6 is 15.9 Å². The molecule has 0 atom stereocenters. The maximum atomic E-state index is 12.2. The maximum absolute atomic E-state index is 12.2. The maximum Gasteiger partial charge on any atom is 0.241 e. The fraction of sp³-hybridized carbons (Fsp3) is 0.571. The first-order chi connectivity index (χ1) is 9.51. The Labute approximate surface area is 130 Å². The highest BCUT2D eigenvalue weighted by atomic mass is 79.9. The van der Waals surface area contributed by atoms with Crippen molar-refractivity contribution in [3.05, 3.63) is 28.2 Å². The van der Waals surface area contributed by atoms with Crippen molar-refractivity contribution in [1.82, 2.24) is 10.0 Å². The Bertz CT molecular complexity index is 518. The molecular weight excluding hydrogens is 340 g/mol. The normalized spacial score (nSPS) is 11.8. The summed E-state index contributed by atoms with van der Waals surface area (Å²) in [6.07, 6.45) is 2.97. The van der Waals surface area contributed by atoms with Crippen LogP contribution in [0.5, 0.6) is 0 Å². The molecule has 0 unspecified atom stereocenters.